The zero-order chi connectivity index (χ0) is 22.4. The second-order valence-electron chi connectivity index (χ2n) is 6.09. The van der Waals surface area contributed by atoms with Gasteiger partial charge in [-0.15, -0.1) is 0 Å². The normalized spacial score (nSPS) is 10.9. The first-order chi connectivity index (χ1) is 14.9. The van der Waals surface area contributed by atoms with Crippen LogP contribution in [-0.4, -0.2) is 24.2 Å². The van der Waals surface area contributed by atoms with E-state index in [-0.39, 0.29) is 17.3 Å². The molecule has 3 rings (SSSR count). The Hall–Kier alpha value is -2.32. The van der Waals surface area contributed by atoms with Gasteiger partial charge in [-0.1, -0.05) is 40.9 Å². The summed E-state index contributed by atoms with van der Waals surface area (Å²) < 4.78 is 12.0. The predicted molar refractivity (Wildman–Crippen MR) is 126 cm³/mol. The van der Waals surface area contributed by atoms with Crippen molar-refractivity contribution in [3.8, 4) is 11.5 Å². The molecule has 1 amide bonds. The monoisotopic (exact) mass is 541 g/mol. The van der Waals surface area contributed by atoms with Gasteiger partial charge in [-0.25, -0.2) is 10.4 Å². The van der Waals surface area contributed by atoms with Crippen molar-refractivity contribution in [3.05, 3.63) is 85.0 Å². The summed E-state index contributed by atoms with van der Waals surface area (Å²) in [6.07, 6.45) is 2.96. The van der Waals surface area contributed by atoms with Crippen LogP contribution in [0.3, 0.4) is 0 Å². The molecule has 0 aliphatic rings. The van der Waals surface area contributed by atoms with Crippen LogP contribution in [0.25, 0.3) is 0 Å². The van der Waals surface area contributed by atoms with Crippen LogP contribution in [0.15, 0.2) is 58.2 Å². The van der Waals surface area contributed by atoms with E-state index in [1.54, 1.807) is 42.5 Å². The van der Waals surface area contributed by atoms with Crippen molar-refractivity contribution >= 4 is 62.9 Å². The highest BCUT2D eigenvalue weighted by Crippen LogP contribution is 2.34. The number of carbonyl (C=O) groups excluding carboxylic acids is 1. The Bertz CT molecular complexity index is 1140. The Balaban J connectivity index is 1.72. The van der Waals surface area contributed by atoms with E-state index >= 15 is 0 Å². The zero-order valence-corrected chi connectivity index (χ0v) is 19.9. The molecule has 0 aliphatic carbocycles. The van der Waals surface area contributed by atoms with Gasteiger partial charge in [0.2, 0.25) is 0 Å². The molecule has 0 unspecified atom stereocenters. The zero-order valence-electron chi connectivity index (χ0n) is 16.0. The summed E-state index contributed by atoms with van der Waals surface area (Å²) in [4.78, 5) is 16.0. The van der Waals surface area contributed by atoms with Gasteiger partial charge in [-0.2, -0.15) is 5.10 Å². The summed E-state index contributed by atoms with van der Waals surface area (Å²) in [5, 5.41) is 5.13. The van der Waals surface area contributed by atoms with Crippen molar-refractivity contribution in [2.75, 3.05) is 7.11 Å². The van der Waals surface area contributed by atoms with Crippen LogP contribution in [0.5, 0.6) is 11.5 Å². The summed E-state index contributed by atoms with van der Waals surface area (Å²) in [6.45, 7) is 0.230. The molecule has 1 aromatic heterocycles. The van der Waals surface area contributed by atoms with Crippen LogP contribution in [0.1, 0.15) is 21.5 Å². The topological polar surface area (TPSA) is 72.8 Å². The van der Waals surface area contributed by atoms with Crippen molar-refractivity contribution in [1.82, 2.24) is 10.4 Å². The molecule has 0 fully saturated rings. The number of methoxy groups -OCH3 is 1. The quantitative estimate of drug-likeness (QED) is 0.220. The number of carbonyl (C=O) groups is 1. The Morgan fingerprint density at radius 2 is 2.00 bits per heavy atom. The van der Waals surface area contributed by atoms with Gasteiger partial charge in [0.15, 0.2) is 11.5 Å². The molecule has 2 aromatic carbocycles. The van der Waals surface area contributed by atoms with E-state index in [1.807, 2.05) is 0 Å². The van der Waals surface area contributed by atoms with Crippen LogP contribution in [-0.2, 0) is 6.61 Å². The summed E-state index contributed by atoms with van der Waals surface area (Å²) in [5.74, 6) is 0.511. The third-order valence-corrected chi connectivity index (χ3v) is 5.63. The lowest BCUT2D eigenvalue weighted by Crippen LogP contribution is -2.18. The third kappa shape index (κ3) is 6.11. The van der Waals surface area contributed by atoms with E-state index in [1.165, 1.54) is 19.5 Å². The number of nitrogens with zero attached hydrogens (tertiary/aromatic N) is 2. The van der Waals surface area contributed by atoms with E-state index in [0.29, 0.717) is 31.6 Å². The fraction of sp³-hybridized carbons (Fsp3) is 0.0952. The Labute approximate surface area is 202 Å². The number of aromatic nitrogens is 1. The highest BCUT2D eigenvalue weighted by molar-refractivity contribution is 9.10. The average molecular weight is 544 g/mol. The second kappa shape index (κ2) is 10.8. The highest BCUT2D eigenvalue weighted by Gasteiger charge is 2.12. The van der Waals surface area contributed by atoms with E-state index in [0.717, 1.165) is 5.56 Å². The lowest BCUT2D eigenvalue weighted by atomic mass is 10.2. The fourth-order valence-corrected chi connectivity index (χ4v) is 3.59. The summed E-state index contributed by atoms with van der Waals surface area (Å²) in [6, 6.07) is 11.8. The van der Waals surface area contributed by atoms with Gasteiger partial charge >= 0.3 is 0 Å². The van der Waals surface area contributed by atoms with Gasteiger partial charge in [0.1, 0.15) is 11.8 Å². The molecule has 160 valence electrons. The minimum atomic E-state index is -0.475. The molecule has 6 nitrogen and oxygen atoms in total. The summed E-state index contributed by atoms with van der Waals surface area (Å²) in [5.41, 5.74) is 4.08. The number of halogens is 4. The Morgan fingerprint density at radius 1 is 1.19 bits per heavy atom. The van der Waals surface area contributed by atoms with Gasteiger partial charge in [0.25, 0.3) is 5.91 Å². The number of hydrogen-bond acceptors (Lipinski definition) is 5. The molecule has 0 saturated heterocycles. The van der Waals surface area contributed by atoms with E-state index < -0.39 is 5.91 Å². The van der Waals surface area contributed by atoms with Crippen molar-refractivity contribution in [3.63, 3.8) is 0 Å². The maximum absolute atomic E-state index is 12.2. The number of rotatable bonds is 7. The second-order valence-corrected chi connectivity index (χ2v) is 8.15. The molecule has 1 N–H and O–H groups in total. The van der Waals surface area contributed by atoms with E-state index in [9.17, 15) is 4.79 Å². The molecule has 0 aliphatic heterocycles. The highest BCUT2D eigenvalue weighted by atomic mass is 79.9. The van der Waals surface area contributed by atoms with Crippen LogP contribution < -0.4 is 14.9 Å². The lowest BCUT2D eigenvalue weighted by molar-refractivity contribution is 0.0955. The van der Waals surface area contributed by atoms with E-state index in [2.05, 4.69) is 31.4 Å². The average Bonchev–Trinajstić information content (AvgIpc) is 2.74. The molecule has 0 bridgehead atoms. The number of amides is 1. The van der Waals surface area contributed by atoms with Crippen molar-refractivity contribution < 1.29 is 14.3 Å². The third-order valence-electron chi connectivity index (χ3n) is 4.05. The van der Waals surface area contributed by atoms with Crippen molar-refractivity contribution in [1.29, 1.82) is 0 Å². The number of hydrogen-bond donors (Lipinski definition) is 1. The van der Waals surface area contributed by atoms with Gasteiger partial charge in [-0.3, -0.25) is 4.79 Å². The number of benzene rings is 2. The molecule has 0 saturated carbocycles. The van der Waals surface area contributed by atoms with E-state index in [4.69, 9.17) is 44.3 Å². The lowest BCUT2D eigenvalue weighted by Gasteiger charge is -2.13. The smallest absolute Gasteiger partial charge is 0.274 e. The van der Waals surface area contributed by atoms with Crippen LogP contribution in [0.4, 0.5) is 0 Å². The SMILES string of the molecule is COc1cc(C=NNC(=O)c2cccnc2Cl)c(Br)cc1OCc1ccc(Cl)cc1Cl. The maximum atomic E-state index is 12.2. The molecule has 31 heavy (non-hydrogen) atoms. The number of ether oxygens (including phenoxy) is 2. The molecule has 10 heteroatoms. The minimum absolute atomic E-state index is 0.0975. The maximum Gasteiger partial charge on any atom is 0.274 e. The van der Waals surface area contributed by atoms with Crippen molar-refractivity contribution in [2.24, 2.45) is 5.10 Å². The first kappa shape index (κ1) is 23.3. The number of hydrazone groups is 1. The predicted octanol–water partition coefficient (Wildman–Crippen LogP) is 6.16. The van der Waals surface area contributed by atoms with Crippen LogP contribution >= 0.6 is 50.7 Å². The van der Waals surface area contributed by atoms with Crippen LogP contribution in [0.2, 0.25) is 15.2 Å². The van der Waals surface area contributed by atoms with Crippen molar-refractivity contribution in [2.45, 2.75) is 6.61 Å². The Kier molecular flexibility index (Phi) is 8.15. The largest absolute Gasteiger partial charge is 0.493 e. The molecule has 1 heterocycles. The molecule has 3 aromatic rings. The van der Waals surface area contributed by atoms with Gasteiger partial charge < -0.3 is 9.47 Å². The molecule has 0 spiro atoms. The molecule has 0 radical (unpaired) electrons. The summed E-state index contributed by atoms with van der Waals surface area (Å²) in [7, 11) is 1.53. The minimum Gasteiger partial charge on any atom is -0.493 e. The van der Waals surface area contributed by atoms with Gasteiger partial charge in [-0.05, 0) is 52.3 Å². The van der Waals surface area contributed by atoms with Crippen LogP contribution in [0, 0.1) is 0 Å². The molecular weight excluding hydrogens is 529 g/mol. The first-order valence-corrected chi connectivity index (χ1v) is 10.7. The standard InChI is InChI=1S/C21H15BrCl3N3O3/c1-30-18-7-13(10-27-28-21(29)15-3-2-6-26-20(15)25)16(22)9-19(18)31-11-12-4-5-14(23)8-17(12)24/h2-10H,11H2,1H3,(H,28,29). The number of nitrogens with one attached hydrogen (secondary N) is 1. The fourth-order valence-electron chi connectivity index (χ4n) is 2.49. The molecular formula is C21H15BrCl3N3O3. The first-order valence-electron chi connectivity index (χ1n) is 8.77. The number of pyridine rings is 1. The molecule has 0 atom stereocenters. The summed E-state index contributed by atoms with van der Waals surface area (Å²) >= 11 is 21.5. The Morgan fingerprint density at radius 3 is 2.71 bits per heavy atom. The van der Waals surface area contributed by atoms with Gasteiger partial charge in [0.05, 0.1) is 18.9 Å². The van der Waals surface area contributed by atoms with Gasteiger partial charge in [0, 0.05) is 31.8 Å².